The molecule has 3 rings (SSSR count). The van der Waals surface area contributed by atoms with Gasteiger partial charge in [-0.15, -0.1) is 11.3 Å². The molecule has 142 valence electrons. The summed E-state index contributed by atoms with van der Waals surface area (Å²) in [4.78, 5) is 38.0. The molecule has 1 aromatic carbocycles. The second-order valence-electron chi connectivity index (χ2n) is 6.80. The number of thiophene rings is 1. The summed E-state index contributed by atoms with van der Waals surface area (Å²) in [5.41, 5.74) is 3.98. The molecule has 1 aliphatic rings. The third kappa shape index (κ3) is 5.04. The molecule has 0 unspecified atom stereocenters. The number of amides is 1. The van der Waals surface area contributed by atoms with E-state index in [2.05, 4.69) is 5.32 Å². The number of fused-ring (bicyclic) bond motifs is 1. The summed E-state index contributed by atoms with van der Waals surface area (Å²) in [5, 5.41) is 2.75. The first-order chi connectivity index (χ1) is 12.9. The Bertz CT molecular complexity index is 884. The van der Waals surface area contributed by atoms with E-state index >= 15 is 0 Å². The van der Waals surface area contributed by atoms with Crippen molar-refractivity contribution >= 4 is 34.7 Å². The van der Waals surface area contributed by atoms with E-state index in [0.717, 1.165) is 34.7 Å². The zero-order valence-electron chi connectivity index (χ0n) is 15.6. The molecule has 0 saturated heterocycles. The van der Waals surface area contributed by atoms with Gasteiger partial charge >= 0.3 is 5.97 Å². The molecule has 1 amide bonds. The number of anilines is 1. The van der Waals surface area contributed by atoms with Crippen LogP contribution in [0.15, 0.2) is 24.3 Å². The number of carbonyl (C=O) groups excluding carboxylic acids is 3. The molecule has 0 bridgehead atoms. The fraction of sp³-hybridized carbons (Fsp3) is 0.381. The molecule has 27 heavy (non-hydrogen) atoms. The second-order valence-corrected chi connectivity index (χ2v) is 8.26. The number of carbonyl (C=O) groups is 3. The van der Waals surface area contributed by atoms with Gasteiger partial charge in [0.1, 0.15) is 0 Å². The molecule has 1 heterocycles. The van der Waals surface area contributed by atoms with E-state index in [9.17, 15) is 14.4 Å². The van der Waals surface area contributed by atoms with Crippen molar-refractivity contribution in [1.82, 2.24) is 0 Å². The maximum Gasteiger partial charge on any atom is 0.306 e. The van der Waals surface area contributed by atoms with Gasteiger partial charge in [-0.2, -0.15) is 0 Å². The molecule has 5 nitrogen and oxygen atoms in total. The predicted octanol–water partition coefficient (Wildman–Crippen LogP) is 4.00. The molecule has 0 atom stereocenters. The fourth-order valence-corrected chi connectivity index (χ4v) is 4.27. The Hall–Kier alpha value is -2.47. The van der Waals surface area contributed by atoms with Gasteiger partial charge in [0.15, 0.2) is 12.4 Å². The van der Waals surface area contributed by atoms with Crippen molar-refractivity contribution in [1.29, 1.82) is 0 Å². The van der Waals surface area contributed by atoms with Crippen LogP contribution in [0.2, 0.25) is 0 Å². The van der Waals surface area contributed by atoms with E-state index < -0.39 is 5.97 Å². The molecular formula is C21H23NO4S. The topological polar surface area (TPSA) is 72.5 Å². The first-order valence-corrected chi connectivity index (χ1v) is 9.91. The third-order valence-corrected chi connectivity index (χ3v) is 5.61. The van der Waals surface area contributed by atoms with Crippen LogP contribution in [0.4, 0.5) is 5.69 Å². The van der Waals surface area contributed by atoms with Crippen LogP contribution in [0.25, 0.3) is 0 Å². The summed E-state index contributed by atoms with van der Waals surface area (Å²) >= 11 is 1.56. The van der Waals surface area contributed by atoms with Crippen LogP contribution >= 0.6 is 11.3 Å². The minimum absolute atomic E-state index is 0.0285. The van der Waals surface area contributed by atoms with Gasteiger partial charge in [-0.1, -0.05) is 6.07 Å². The van der Waals surface area contributed by atoms with Gasteiger partial charge < -0.3 is 10.1 Å². The largest absolute Gasteiger partial charge is 0.456 e. The zero-order chi connectivity index (χ0) is 19.4. The molecule has 0 aliphatic heterocycles. The number of nitrogens with one attached hydrogen (secondary N) is 1. The highest BCUT2D eigenvalue weighted by atomic mass is 32.1. The number of hydrogen-bond donors (Lipinski definition) is 1. The van der Waals surface area contributed by atoms with Crippen molar-refractivity contribution in [3.8, 4) is 0 Å². The smallest absolute Gasteiger partial charge is 0.306 e. The number of rotatable bonds is 7. The maximum absolute atomic E-state index is 12.2. The summed E-state index contributed by atoms with van der Waals surface area (Å²) in [6, 6.07) is 7.72. The summed E-state index contributed by atoms with van der Waals surface area (Å²) in [6.07, 6.45) is 3.32. The lowest BCUT2D eigenvalue weighted by Crippen LogP contribution is -2.21. The average molecular weight is 385 g/mol. The number of Topliss-reactive ketones (excluding diaryl/α,β-unsaturated/α-hetero) is 1. The third-order valence-electron chi connectivity index (χ3n) is 4.64. The number of ketones is 1. The van der Waals surface area contributed by atoms with Crippen molar-refractivity contribution in [2.45, 2.75) is 46.0 Å². The van der Waals surface area contributed by atoms with Crippen LogP contribution in [-0.2, 0) is 27.2 Å². The Kier molecular flexibility index (Phi) is 6.06. The van der Waals surface area contributed by atoms with E-state index in [4.69, 9.17) is 4.74 Å². The molecular weight excluding hydrogens is 362 g/mol. The van der Waals surface area contributed by atoms with Crippen molar-refractivity contribution in [3.05, 3.63) is 50.7 Å². The number of aryl methyl sites for hydroxylation is 4. The molecule has 1 aliphatic carbocycles. The Morgan fingerprint density at radius 2 is 1.85 bits per heavy atom. The lowest BCUT2D eigenvalue weighted by atomic mass is 10.1. The van der Waals surface area contributed by atoms with Crippen LogP contribution < -0.4 is 5.32 Å². The van der Waals surface area contributed by atoms with Crippen LogP contribution in [0, 0.1) is 13.8 Å². The number of esters is 1. The quantitative estimate of drug-likeness (QED) is 0.578. The number of hydrogen-bond acceptors (Lipinski definition) is 5. The molecule has 0 spiro atoms. The monoisotopic (exact) mass is 385 g/mol. The van der Waals surface area contributed by atoms with Gasteiger partial charge in [-0.3, -0.25) is 14.4 Å². The van der Waals surface area contributed by atoms with Crippen molar-refractivity contribution in [2.24, 2.45) is 0 Å². The van der Waals surface area contributed by atoms with Crippen LogP contribution in [-0.4, -0.2) is 24.3 Å². The van der Waals surface area contributed by atoms with Gasteiger partial charge in [-0.05, 0) is 62.4 Å². The van der Waals surface area contributed by atoms with Crippen molar-refractivity contribution < 1.29 is 19.1 Å². The first kappa shape index (κ1) is 19.3. The van der Waals surface area contributed by atoms with Crippen molar-refractivity contribution in [2.75, 3.05) is 11.9 Å². The summed E-state index contributed by atoms with van der Waals surface area (Å²) in [5.74, 6) is -0.995. The van der Waals surface area contributed by atoms with E-state index in [1.54, 1.807) is 11.3 Å². The van der Waals surface area contributed by atoms with Crippen molar-refractivity contribution in [3.63, 3.8) is 0 Å². The van der Waals surface area contributed by atoms with Crippen LogP contribution in [0.1, 0.15) is 50.5 Å². The normalized spacial score (nSPS) is 12.5. The summed E-state index contributed by atoms with van der Waals surface area (Å²) < 4.78 is 4.99. The fourth-order valence-electron chi connectivity index (χ4n) is 3.32. The molecule has 2 aromatic rings. The zero-order valence-corrected chi connectivity index (χ0v) is 16.4. The Morgan fingerprint density at radius 1 is 1.07 bits per heavy atom. The Balaban J connectivity index is 1.41. The molecule has 0 radical (unpaired) electrons. The first-order valence-electron chi connectivity index (χ1n) is 9.10. The van der Waals surface area contributed by atoms with Gasteiger partial charge in [0.2, 0.25) is 0 Å². The standard InChI is InChI=1S/C21H23NO4S/c1-13-10-18(14(2)27-13)19(23)8-9-21(25)26-12-20(24)22-17-7-6-15-4-3-5-16(15)11-17/h6-7,10-11H,3-5,8-9,12H2,1-2H3,(H,22,24). The second kappa shape index (κ2) is 8.48. The average Bonchev–Trinajstić information content (AvgIpc) is 3.23. The van der Waals surface area contributed by atoms with Crippen LogP contribution in [0.3, 0.4) is 0 Å². The molecule has 6 heteroatoms. The lowest BCUT2D eigenvalue weighted by Gasteiger charge is -2.08. The SMILES string of the molecule is Cc1cc(C(=O)CCC(=O)OCC(=O)Nc2ccc3c(c2)CCC3)c(C)s1. The summed E-state index contributed by atoms with van der Waals surface area (Å²) in [7, 11) is 0. The highest BCUT2D eigenvalue weighted by molar-refractivity contribution is 7.12. The Morgan fingerprint density at radius 3 is 2.59 bits per heavy atom. The molecule has 1 aromatic heterocycles. The predicted molar refractivity (Wildman–Crippen MR) is 105 cm³/mol. The number of ether oxygens (including phenoxy) is 1. The lowest BCUT2D eigenvalue weighted by molar-refractivity contribution is -0.147. The van der Waals surface area contributed by atoms with E-state index in [0.29, 0.717) is 5.56 Å². The highest BCUT2D eigenvalue weighted by Crippen LogP contribution is 2.25. The van der Waals surface area contributed by atoms with Gasteiger partial charge in [0.25, 0.3) is 5.91 Å². The van der Waals surface area contributed by atoms with E-state index in [1.807, 2.05) is 38.1 Å². The number of benzene rings is 1. The minimum atomic E-state index is -0.544. The van der Waals surface area contributed by atoms with Gasteiger partial charge in [0.05, 0.1) is 6.42 Å². The van der Waals surface area contributed by atoms with Crippen LogP contribution in [0.5, 0.6) is 0 Å². The van der Waals surface area contributed by atoms with Gasteiger partial charge in [-0.25, -0.2) is 0 Å². The van der Waals surface area contributed by atoms with Gasteiger partial charge in [0, 0.05) is 27.4 Å². The summed E-state index contributed by atoms with van der Waals surface area (Å²) in [6.45, 7) is 3.50. The van der Waals surface area contributed by atoms with E-state index in [1.165, 1.54) is 11.1 Å². The Labute approximate surface area is 162 Å². The maximum atomic E-state index is 12.2. The minimum Gasteiger partial charge on any atom is -0.456 e. The van der Waals surface area contributed by atoms with E-state index in [-0.39, 0.29) is 31.1 Å². The molecule has 0 fully saturated rings. The molecule has 1 N–H and O–H groups in total. The molecule has 0 saturated carbocycles. The highest BCUT2D eigenvalue weighted by Gasteiger charge is 2.16.